The molecule has 3 rings (SSSR count). The highest BCUT2D eigenvalue weighted by atomic mass is 16.6. The van der Waals surface area contributed by atoms with E-state index in [4.69, 9.17) is 9.47 Å². The van der Waals surface area contributed by atoms with E-state index in [1.165, 1.54) is 5.57 Å². The molecule has 19 heavy (non-hydrogen) atoms. The molecule has 0 spiro atoms. The zero-order chi connectivity index (χ0) is 13.8. The summed E-state index contributed by atoms with van der Waals surface area (Å²) in [6.07, 6.45) is 3.67. The predicted octanol–water partition coefficient (Wildman–Crippen LogP) is 1.81. The number of carbonyl (C=O) groups is 1. The molecule has 0 amide bonds. The van der Waals surface area contributed by atoms with Gasteiger partial charge in [-0.1, -0.05) is 18.6 Å². The molecule has 106 valence electrons. The Balaban J connectivity index is 1.87. The lowest BCUT2D eigenvalue weighted by molar-refractivity contribution is -0.144. The average Bonchev–Trinajstić information content (AvgIpc) is 2.88. The maximum absolute atomic E-state index is 11.8. The predicted molar refractivity (Wildman–Crippen MR) is 69.4 cm³/mol. The van der Waals surface area contributed by atoms with Gasteiger partial charge in [0.05, 0.1) is 17.6 Å². The van der Waals surface area contributed by atoms with E-state index in [1.54, 1.807) is 0 Å². The maximum atomic E-state index is 11.8. The quantitative estimate of drug-likeness (QED) is 0.413. The van der Waals surface area contributed by atoms with Crippen LogP contribution in [-0.2, 0) is 14.3 Å². The zero-order valence-corrected chi connectivity index (χ0v) is 11.8. The van der Waals surface area contributed by atoms with Crippen LogP contribution in [0.1, 0.15) is 40.0 Å². The number of esters is 1. The molecule has 2 fully saturated rings. The van der Waals surface area contributed by atoms with Crippen molar-refractivity contribution in [3.05, 3.63) is 11.6 Å². The first kappa shape index (κ1) is 13.1. The lowest BCUT2D eigenvalue weighted by atomic mass is 9.81. The van der Waals surface area contributed by atoms with Crippen molar-refractivity contribution in [1.29, 1.82) is 0 Å². The average molecular weight is 266 g/mol. The Morgan fingerprint density at radius 3 is 2.95 bits per heavy atom. The van der Waals surface area contributed by atoms with Crippen molar-refractivity contribution in [2.24, 2.45) is 11.8 Å². The molecule has 1 N–H and O–H groups in total. The van der Waals surface area contributed by atoms with Crippen molar-refractivity contribution < 1.29 is 19.4 Å². The van der Waals surface area contributed by atoms with Crippen LogP contribution in [0.5, 0.6) is 0 Å². The number of allylic oxidation sites excluding steroid dienone is 1. The van der Waals surface area contributed by atoms with Crippen molar-refractivity contribution in [2.75, 3.05) is 0 Å². The summed E-state index contributed by atoms with van der Waals surface area (Å²) in [6, 6.07) is 0. The van der Waals surface area contributed by atoms with Gasteiger partial charge in [-0.05, 0) is 26.7 Å². The third-order valence-corrected chi connectivity index (χ3v) is 4.89. The standard InChI is InChI=1S/C15H22O4/c1-8-4-5-11-9(2)14(17)18-12(11)13-15(3,19-13)7-10(16)6-8/h6,9-13,16H,4-5,7H2,1-3H3/b8-6+/t9-,10+,11-,12-,13-,15+/m0/s1. The molecule has 3 aliphatic rings. The van der Waals surface area contributed by atoms with Crippen molar-refractivity contribution in [3.63, 3.8) is 0 Å². The summed E-state index contributed by atoms with van der Waals surface area (Å²) >= 11 is 0. The monoisotopic (exact) mass is 266 g/mol. The van der Waals surface area contributed by atoms with Crippen LogP contribution >= 0.6 is 0 Å². The van der Waals surface area contributed by atoms with Gasteiger partial charge in [-0.3, -0.25) is 4.79 Å². The van der Waals surface area contributed by atoms with Crippen molar-refractivity contribution >= 4 is 5.97 Å². The number of epoxide rings is 1. The Kier molecular flexibility index (Phi) is 2.98. The third kappa shape index (κ3) is 2.21. The number of rotatable bonds is 0. The fourth-order valence-corrected chi connectivity index (χ4v) is 3.60. The minimum Gasteiger partial charge on any atom is -0.459 e. The molecule has 0 bridgehead atoms. The van der Waals surface area contributed by atoms with Crippen LogP contribution in [0.3, 0.4) is 0 Å². The van der Waals surface area contributed by atoms with E-state index in [2.05, 4.69) is 0 Å². The summed E-state index contributed by atoms with van der Waals surface area (Å²) in [6.45, 7) is 5.99. The van der Waals surface area contributed by atoms with Gasteiger partial charge < -0.3 is 14.6 Å². The molecule has 0 aromatic heterocycles. The van der Waals surface area contributed by atoms with Crippen LogP contribution in [0.15, 0.2) is 11.6 Å². The molecular weight excluding hydrogens is 244 g/mol. The van der Waals surface area contributed by atoms with Crippen LogP contribution in [0.2, 0.25) is 0 Å². The number of hydrogen-bond donors (Lipinski definition) is 1. The van der Waals surface area contributed by atoms with Gasteiger partial charge in [0.25, 0.3) is 0 Å². The lowest BCUT2D eigenvalue weighted by Gasteiger charge is -2.21. The molecule has 0 unspecified atom stereocenters. The number of carbonyl (C=O) groups excluding carboxylic acids is 1. The Labute approximate surface area is 113 Å². The number of aliphatic hydroxyl groups excluding tert-OH is 1. The van der Waals surface area contributed by atoms with E-state index in [-0.39, 0.29) is 35.6 Å². The van der Waals surface area contributed by atoms with Gasteiger partial charge in [-0.2, -0.15) is 0 Å². The smallest absolute Gasteiger partial charge is 0.309 e. The molecule has 2 heterocycles. The van der Waals surface area contributed by atoms with Gasteiger partial charge >= 0.3 is 5.97 Å². The molecular formula is C15H22O4. The van der Waals surface area contributed by atoms with E-state index >= 15 is 0 Å². The Morgan fingerprint density at radius 2 is 2.21 bits per heavy atom. The summed E-state index contributed by atoms with van der Waals surface area (Å²) in [5, 5.41) is 10.0. The van der Waals surface area contributed by atoms with Crippen LogP contribution in [-0.4, -0.2) is 35.0 Å². The number of fused-ring (bicyclic) bond motifs is 3. The Morgan fingerprint density at radius 1 is 1.47 bits per heavy atom. The summed E-state index contributed by atoms with van der Waals surface area (Å²) in [5.41, 5.74) is 0.835. The first-order valence-electron chi connectivity index (χ1n) is 7.14. The highest BCUT2D eigenvalue weighted by molar-refractivity contribution is 5.75. The molecule has 2 saturated heterocycles. The molecule has 6 atom stereocenters. The number of aliphatic hydroxyl groups is 1. The Bertz CT molecular complexity index is 430. The first-order chi connectivity index (χ1) is 8.90. The van der Waals surface area contributed by atoms with Crippen LogP contribution in [0, 0.1) is 11.8 Å². The topological polar surface area (TPSA) is 59.1 Å². The second-order valence-corrected chi connectivity index (χ2v) is 6.53. The van der Waals surface area contributed by atoms with Crippen molar-refractivity contribution in [3.8, 4) is 0 Å². The van der Waals surface area contributed by atoms with Gasteiger partial charge in [0.15, 0.2) is 0 Å². The molecule has 4 heteroatoms. The molecule has 0 saturated carbocycles. The highest BCUT2D eigenvalue weighted by Gasteiger charge is 2.62. The SMILES string of the molecule is C/C1=C\[C@@H](O)C[C@@]2(C)O[C@H]2[C@H]2OC(=O)[C@@H](C)[C@@H]2CC1. The minimum absolute atomic E-state index is 0.0457. The van der Waals surface area contributed by atoms with E-state index < -0.39 is 6.10 Å². The van der Waals surface area contributed by atoms with Gasteiger partial charge in [0.2, 0.25) is 0 Å². The second-order valence-electron chi connectivity index (χ2n) is 6.53. The molecule has 0 aromatic carbocycles. The summed E-state index contributed by atoms with van der Waals surface area (Å²) < 4.78 is 11.3. The minimum atomic E-state index is -0.471. The summed E-state index contributed by atoms with van der Waals surface area (Å²) in [4.78, 5) is 11.8. The molecule has 0 aromatic rings. The van der Waals surface area contributed by atoms with Crippen LogP contribution in [0.4, 0.5) is 0 Å². The molecule has 2 aliphatic heterocycles. The van der Waals surface area contributed by atoms with Crippen molar-refractivity contribution in [1.82, 2.24) is 0 Å². The van der Waals surface area contributed by atoms with Gasteiger partial charge in [-0.15, -0.1) is 0 Å². The van der Waals surface area contributed by atoms with E-state index in [0.717, 1.165) is 12.8 Å². The summed E-state index contributed by atoms with van der Waals surface area (Å²) in [7, 11) is 0. The third-order valence-electron chi connectivity index (χ3n) is 4.89. The normalized spacial score (nSPS) is 52.5. The molecule has 4 nitrogen and oxygen atoms in total. The number of ether oxygens (including phenoxy) is 2. The number of hydrogen-bond acceptors (Lipinski definition) is 4. The van der Waals surface area contributed by atoms with Gasteiger partial charge in [0.1, 0.15) is 12.2 Å². The van der Waals surface area contributed by atoms with Crippen LogP contribution < -0.4 is 0 Å². The van der Waals surface area contributed by atoms with Gasteiger partial charge in [-0.25, -0.2) is 0 Å². The van der Waals surface area contributed by atoms with Crippen LogP contribution in [0.25, 0.3) is 0 Å². The second kappa shape index (κ2) is 4.32. The largest absolute Gasteiger partial charge is 0.459 e. The first-order valence-corrected chi connectivity index (χ1v) is 7.14. The van der Waals surface area contributed by atoms with Gasteiger partial charge in [0, 0.05) is 12.3 Å². The van der Waals surface area contributed by atoms with E-state index in [0.29, 0.717) is 6.42 Å². The fraction of sp³-hybridized carbons (Fsp3) is 0.800. The fourth-order valence-electron chi connectivity index (χ4n) is 3.60. The van der Waals surface area contributed by atoms with E-state index in [9.17, 15) is 9.90 Å². The maximum Gasteiger partial charge on any atom is 0.309 e. The highest BCUT2D eigenvalue weighted by Crippen LogP contribution is 2.50. The Hall–Kier alpha value is -0.870. The van der Waals surface area contributed by atoms with E-state index in [1.807, 2.05) is 26.8 Å². The molecule has 0 radical (unpaired) electrons. The zero-order valence-electron chi connectivity index (χ0n) is 11.8. The summed E-state index contributed by atoms with van der Waals surface area (Å²) in [5.74, 6) is 0.0859. The lowest BCUT2D eigenvalue weighted by Crippen LogP contribution is -2.31. The molecule has 1 aliphatic carbocycles. The van der Waals surface area contributed by atoms with Crippen molar-refractivity contribution in [2.45, 2.75) is 63.9 Å².